The summed E-state index contributed by atoms with van der Waals surface area (Å²) < 4.78 is 11.3. The van der Waals surface area contributed by atoms with Crippen LogP contribution in [0.2, 0.25) is 0 Å². The molecular weight excluding hydrogens is 462 g/mol. The van der Waals surface area contributed by atoms with Crippen LogP contribution in [0.25, 0.3) is 0 Å². The van der Waals surface area contributed by atoms with Crippen LogP contribution in [-0.4, -0.2) is 61.7 Å². The summed E-state index contributed by atoms with van der Waals surface area (Å²) in [6.45, 7) is 3.26. The lowest BCUT2D eigenvalue weighted by atomic mass is 9.92. The Kier molecular flexibility index (Phi) is 6.77. The van der Waals surface area contributed by atoms with E-state index in [4.69, 9.17) is 9.47 Å². The van der Waals surface area contributed by atoms with Crippen molar-refractivity contribution >= 4 is 29.2 Å². The number of aryl methyl sites for hydroxylation is 1. The average Bonchev–Trinajstić information content (AvgIpc) is 3.22. The SMILES string of the molecule is COCCCN1CCCCc2cc(Oc3ccc(N4CCCC45C(=O)NC(=O)NC5=O)cn3)ccc21. The van der Waals surface area contributed by atoms with Gasteiger partial charge >= 0.3 is 6.03 Å². The molecule has 0 unspecified atom stereocenters. The summed E-state index contributed by atoms with van der Waals surface area (Å²) in [4.78, 5) is 45.5. The molecule has 0 radical (unpaired) electrons. The number of barbiturate groups is 1. The van der Waals surface area contributed by atoms with Crippen molar-refractivity contribution < 1.29 is 23.9 Å². The van der Waals surface area contributed by atoms with Crippen molar-refractivity contribution in [2.45, 2.75) is 44.1 Å². The van der Waals surface area contributed by atoms with Crippen LogP contribution in [0.4, 0.5) is 16.2 Å². The number of carbonyl (C=O) groups excluding carboxylic acids is 3. The number of ether oxygens (including phenoxy) is 2. The van der Waals surface area contributed by atoms with E-state index < -0.39 is 23.4 Å². The lowest BCUT2D eigenvalue weighted by Crippen LogP contribution is -2.71. The van der Waals surface area contributed by atoms with E-state index in [0.29, 0.717) is 31.0 Å². The Morgan fingerprint density at radius 1 is 1.03 bits per heavy atom. The molecule has 0 aliphatic carbocycles. The molecular formula is C26H31N5O5. The zero-order chi connectivity index (χ0) is 25.1. The summed E-state index contributed by atoms with van der Waals surface area (Å²) >= 11 is 0. The molecule has 2 saturated heterocycles. The summed E-state index contributed by atoms with van der Waals surface area (Å²) in [5, 5.41) is 4.45. The molecule has 1 aromatic heterocycles. The van der Waals surface area contributed by atoms with Gasteiger partial charge in [0.1, 0.15) is 5.75 Å². The summed E-state index contributed by atoms with van der Waals surface area (Å²) in [6.07, 6.45) is 6.85. The topological polar surface area (TPSA) is 113 Å². The van der Waals surface area contributed by atoms with Crippen molar-refractivity contribution in [2.75, 3.05) is 43.2 Å². The molecule has 4 heterocycles. The summed E-state index contributed by atoms with van der Waals surface area (Å²) in [6, 6.07) is 8.89. The number of anilines is 2. The molecule has 10 heteroatoms. The Hall–Kier alpha value is -3.66. The predicted octanol–water partition coefficient (Wildman–Crippen LogP) is 2.76. The van der Waals surface area contributed by atoms with Gasteiger partial charge in [0, 0.05) is 45.1 Å². The average molecular weight is 494 g/mol. The van der Waals surface area contributed by atoms with Crippen molar-refractivity contribution in [1.29, 1.82) is 0 Å². The van der Waals surface area contributed by atoms with Crippen LogP contribution in [0.5, 0.6) is 11.6 Å². The van der Waals surface area contributed by atoms with E-state index in [0.717, 1.165) is 51.1 Å². The number of amides is 4. The van der Waals surface area contributed by atoms with E-state index in [2.05, 4.69) is 32.7 Å². The van der Waals surface area contributed by atoms with Gasteiger partial charge in [0.05, 0.1) is 11.9 Å². The number of carbonyl (C=O) groups is 3. The molecule has 0 bridgehead atoms. The first-order valence-corrected chi connectivity index (χ1v) is 12.5. The second kappa shape index (κ2) is 10.1. The van der Waals surface area contributed by atoms with Crippen LogP contribution in [0.1, 0.15) is 37.7 Å². The van der Waals surface area contributed by atoms with E-state index in [1.54, 1.807) is 30.3 Å². The number of nitrogens with zero attached hydrogens (tertiary/aromatic N) is 3. The number of nitrogens with one attached hydrogen (secondary N) is 2. The smallest absolute Gasteiger partial charge is 0.328 e. The Morgan fingerprint density at radius 3 is 2.61 bits per heavy atom. The van der Waals surface area contributed by atoms with Gasteiger partial charge in [0.25, 0.3) is 11.8 Å². The highest BCUT2D eigenvalue weighted by molar-refractivity contribution is 6.24. The molecule has 2 N–H and O–H groups in total. The van der Waals surface area contributed by atoms with Gasteiger partial charge in [-0.2, -0.15) is 0 Å². The number of hydrogen-bond acceptors (Lipinski definition) is 8. The molecule has 0 saturated carbocycles. The Labute approximate surface area is 209 Å². The van der Waals surface area contributed by atoms with Gasteiger partial charge in [-0.3, -0.25) is 20.2 Å². The molecule has 4 amide bonds. The number of methoxy groups -OCH3 is 1. The monoisotopic (exact) mass is 493 g/mol. The van der Waals surface area contributed by atoms with Crippen molar-refractivity contribution in [3.63, 3.8) is 0 Å². The molecule has 1 spiro atoms. The third kappa shape index (κ3) is 4.48. The molecule has 3 aliphatic rings. The molecule has 10 nitrogen and oxygen atoms in total. The largest absolute Gasteiger partial charge is 0.439 e. The fourth-order valence-corrected chi connectivity index (χ4v) is 5.41. The van der Waals surface area contributed by atoms with E-state index >= 15 is 0 Å². The highest BCUT2D eigenvalue weighted by Gasteiger charge is 2.57. The molecule has 36 heavy (non-hydrogen) atoms. The zero-order valence-electron chi connectivity index (χ0n) is 20.4. The second-order valence-corrected chi connectivity index (χ2v) is 9.39. The molecule has 5 rings (SSSR count). The number of aromatic nitrogens is 1. The lowest BCUT2D eigenvalue weighted by Gasteiger charge is -2.38. The number of pyridine rings is 1. The maximum Gasteiger partial charge on any atom is 0.328 e. The van der Waals surface area contributed by atoms with Crippen LogP contribution in [0, 0.1) is 0 Å². The molecule has 0 atom stereocenters. The molecule has 2 aromatic rings. The van der Waals surface area contributed by atoms with Gasteiger partial charge in [-0.25, -0.2) is 9.78 Å². The first-order chi connectivity index (χ1) is 17.5. The fraction of sp³-hybridized carbons (Fsp3) is 0.462. The fourth-order valence-electron chi connectivity index (χ4n) is 5.41. The van der Waals surface area contributed by atoms with Crippen molar-refractivity contribution in [3.8, 4) is 11.6 Å². The van der Waals surface area contributed by atoms with Crippen LogP contribution in [-0.2, 0) is 20.7 Å². The summed E-state index contributed by atoms with van der Waals surface area (Å²) in [7, 11) is 1.73. The number of hydrogen-bond donors (Lipinski definition) is 2. The maximum absolute atomic E-state index is 12.7. The number of rotatable bonds is 7. The minimum atomic E-state index is -1.44. The number of urea groups is 1. The van der Waals surface area contributed by atoms with Gasteiger partial charge in [-0.1, -0.05) is 0 Å². The summed E-state index contributed by atoms with van der Waals surface area (Å²) in [5.41, 5.74) is 1.69. The third-order valence-corrected chi connectivity index (χ3v) is 7.13. The maximum atomic E-state index is 12.7. The first kappa shape index (κ1) is 24.1. The lowest BCUT2D eigenvalue weighted by molar-refractivity contribution is -0.137. The van der Waals surface area contributed by atoms with Crippen molar-refractivity contribution in [2.24, 2.45) is 0 Å². The highest BCUT2D eigenvalue weighted by atomic mass is 16.5. The Balaban J connectivity index is 1.31. The van der Waals surface area contributed by atoms with E-state index in [9.17, 15) is 14.4 Å². The number of benzene rings is 1. The van der Waals surface area contributed by atoms with Crippen LogP contribution < -0.4 is 25.2 Å². The van der Waals surface area contributed by atoms with E-state index in [1.807, 2.05) is 6.07 Å². The highest BCUT2D eigenvalue weighted by Crippen LogP contribution is 2.37. The Bertz CT molecular complexity index is 1130. The first-order valence-electron chi connectivity index (χ1n) is 12.5. The molecule has 190 valence electrons. The predicted molar refractivity (Wildman–Crippen MR) is 133 cm³/mol. The van der Waals surface area contributed by atoms with Gasteiger partial charge in [0.15, 0.2) is 5.54 Å². The van der Waals surface area contributed by atoms with Gasteiger partial charge in [0.2, 0.25) is 5.88 Å². The minimum Gasteiger partial charge on any atom is -0.439 e. The van der Waals surface area contributed by atoms with Gasteiger partial charge < -0.3 is 19.3 Å². The van der Waals surface area contributed by atoms with Crippen LogP contribution in [0.15, 0.2) is 36.5 Å². The quantitative estimate of drug-likeness (QED) is 0.447. The number of imide groups is 2. The zero-order valence-corrected chi connectivity index (χ0v) is 20.4. The molecule has 1 aromatic carbocycles. The number of fused-ring (bicyclic) bond motifs is 1. The second-order valence-electron chi connectivity index (χ2n) is 9.39. The van der Waals surface area contributed by atoms with Crippen molar-refractivity contribution in [3.05, 3.63) is 42.1 Å². The normalized spacial score (nSPS) is 19.1. The van der Waals surface area contributed by atoms with Crippen LogP contribution in [0.3, 0.4) is 0 Å². The molecule has 3 aliphatic heterocycles. The third-order valence-electron chi connectivity index (χ3n) is 7.13. The molecule has 2 fully saturated rings. The van der Waals surface area contributed by atoms with Gasteiger partial charge in [-0.05, 0) is 68.4 Å². The van der Waals surface area contributed by atoms with Crippen LogP contribution >= 0.6 is 0 Å². The minimum absolute atomic E-state index is 0.327. The summed E-state index contributed by atoms with van der Waals surface area (Å²) in [5.74, 6) is -0.0641. The Morgan fingerprint density at radius 2 is 1.86 bits per heavy atom. The van der Waals surface area contributed by atoms with E-state index in [1.165, 1.54) is 11.3 Å². The van der Waals surface area contributed by atoms with Crippen molar-refractivity contribution in [1.82, 2.24) is 15.6 Å². The van der Waals surface area contributed by atoms with Gasteiger partial charge in [-0.15, -0.1) is 0 Å². The van der Waals surface area contributed by atoms with E-state index in [-0.39, 0.29) is 0 Å². The standard InChI is InChI=1S/C26H31N5O5/c1-35-15-5-13-30-12-3-2-6-18-16-20(8-9-21(18)30)36-22-10-7-19(17-27-22)31-14-4-11-26(31)23(32)28-25(34)29-24(26)33/h7-10,16-17H,2-6,11-15H2,1H3,(H2,28,29,32,33,34).